The molecule has 0 aliphatic rings. The highest BCUT2D eigenvalue weighted by Gasteiger charge is 2.33. The summed E-state index contributed by atoms with van der Waals surface area (Å²) in [6.07, 6.45) is 3.91. The first kappa shape index (κ1) is 20.7. The minimum atomic E-state index is -4.17. The lowest BCUT2D eigenvalue weighted by Gasteiger charge is -2.19. The summed E-state index contributed by atoms with van der Waals surface area (Å²) in [6, 6.07) is 8.26. The van der Waals surface area contributed by atoms with Crippen LogP contribution in [-0.2, 0) is 21.2 Å². The van der Waals surface area contributed by atoms with Crippen molar-refractivity contribution >= 4 is 21.6 Å². The maximum atomic E-state index is 12.6. The van der Waals surface area contributed by atoms with Crippen LogP contribution in [0.1, 0.15) is 31.4 Å². The molecule has 1 heterocycles. The van der Waals surface area contributed by atoms with Gasteiger partial charge in [0.1, 0.15) is 5.75 Å². The third-order valence-electron chi connectivity index (χ3n) is 3.91. The highest BCUT2D eigenvalue weighted by Crippen LogP contribution is 2.28. The normalized spacial score (nSPS) is 12.6. The van der Waals surface area contributed by atoms with Gasteiger partial charge in [-0.15, -0.1) is 0 Å². The molecule has 1 aromatic heterocycles. The Hall–Kier alpha value is -2.65. The number of hydrogen-bond acceptors (Lipinski definition) is 6. The van der Waals surface area contributed by atoms with Crippen LogP contribution < -0.4 is 10.2 Å². The summed E-state index contributed by atoms with van der Waals surface area (Å²) >= 11 is 0. The van der Waals surface area contributed by atoms with Gasteiger partial charge in [0.05, 0.1) is 5.69 Å². The van der Waals surface area contributed by atoms with Gasteiger partial charge in [-0.2, -0.15) is 0 Å². The molecule has 0 spiro atoms. The molecule has 1 amide bonds. The summed E-state index contributed by atoms with van der Waals surface area (Å²) in [5, 5.41) is 17.5. The highest BCUT2D eigenvalue weighted by atomic mass is 32.2. The van der Waals surface area contributed by atoms with Crippen LogP contribution in [0.3, 0.4) is 0 Å². The van der Waals surface area contributed by atoms with Crippen molar-refractivity contribution in [2.75, 3.05) is 4.72 Å². The van der Waals surface area contributed by atoms with Crippen molar-refractivity contribution in [3.05, 3.63) is 53.9 Å². The molecule has 0 saturated carbocycles. The quantitative estimate of drug-likeness (QED) is 0.309. The zero-order valence-electron chi connectivity index (χ0n) is 15.1. The van der Waals surface area contributed by atoms with Gasteiger partial charge in [-0.05, 0) is 48.1 Å². The lowest BCUT2D eigenvalue weighted by molar-refractivity contribution is -0.129. The molecule has 0 fully saturated rings. The van der Waals surface area contributed by atoms with Crippen molar-refractivity contribution < 1.29 is 23.5 Å². The molecule has 2 rings (SSSR count). The first-order chi connectivity index (χ1) is 12.7. The van der Waals surface area contributed by atoms with Gasteiger partial charge in [-0.3, -0.25) is 19.7 Å². The number of nitrogens with zero attached hydrogens (tertiary/aromatic N) is 1. The minimum absolute atomic E-state index is 0.0155. The number of phenols is 1. The van der Waals surface area contributed by atoms with E-state index in [0.29, 0.717) is 6.42 Å². The highest BCUT2D eigenvalue weighted by molar-refractivity contribution is 7.94. The van der Waals surface area contributed by atoms with Crippen LogP contribution in [0.2, 0.25) is 0 Å². The standard InChI is InChI=1S/C18H23N3O5S/c1-12(2)8-17(18(23)20-24)27(25,26)21-15-6-5-13(10-16(15)22)9-14-4-3-7-19-11-14/h3-7,10-12,17,21-22,24H,8-9H2,1-2H3,(H,20,23). The van der Waals surface area contributed by atoms with E-state index in [1.54, 1.807) is 38.4 Å². The number of amides is 1. The predicted octanol–water partition coefficient (Wildman–Crippen LogP) is 2.04. The number of hydrogen-bond donors (Lipinski definition) is 4. The predicted molar refractivity (Wildman–Crippen MR) is 101 cm³/mol. The maximum absolute atomic E-state index is 12.6. The Morgan fingerprint density at radius 1 is 1.22 bits per heavy atom. The largest absolute Gasteiger partial charge is 0.506 e. The summed E-state index contributed by atoms with van der Waals surface area (Å²) in [5.74, 6) is -1.38. The first-order valence-corrected chi connectivity index (χ1v) is 9.94. The lowest BCUT2D eigenvalue weighted by Crippen LogP contribution is -2.42. The topological polar surface area (TPSA) is 129 Å². The second-order valence-corrected chi connectivity index (χ2v) is 8.49. The molecule has 27 heavy (non-hydrogen) atoms. The SMILES string of the molecule is CC(C)CC(C(=O)NO)S(=O)(=O)Nc1ccc(Cc2cccnc2)cc1O. The Kier molecular flexibility index (Phi) is 6.75. The van der Waals surface area contributed by atoms with Gasteiger partial charge >= 0.3 is 0 Å². The Labute approximate surface area is 158 Å². The van der Waals surface area contributed by atoms with E-state index >= 15 is 0 Å². The molecule has 1 aromatic carbocycles. The van der Waals surface area contributed by atoms with Crippen LogP contribution in [0.5, 0.6) is 5.75 Å². The van der Waals surface area contributed by atoms with Gasteiger partial charge in [0.15, 0.2) is 5.25 Å². The molecular weight excluding hydrogens is 370 g/mol. The summed E-state index contributed by atoms with van der Waals surface area (Å²) in [6.45, 7) is 3.52. The second kappa shape index (κ2) is 8.83. The van der Waals surface area contributed by atoms with Gasteiger partial charge < -0.3 is 5.11 Å². The number of sulfonamides is 1. The van der Waals surface area contributed by atoms with Crippen molar-refractivity contribution in [2.24, 2.45) is 5.92 Å². The summed E-state index contributed by atoms with van der Waals surface area (Å²) in [4.78, 5) is 15.8. The third-order valence-corrected chi connectivity index (χ3v) is 5.57. The fourth-order valence-electron chi connectivity index (χ4n) is 2.61. The molecule has 9 heteroatoms. The first-order valence-electron chi connectivity index (χ1n) is 8.39. The van der Waals surface area contributed by atoms with E-state index in [1.807, 2.05) is 6.07 Å². The number of anilines is 1. The van der Waals surface area contributed by atoms with Crippen molar-refractivity contribution in [1.82, 2.24) is 10.5 Å². The van der Waals surface area contributed by atoms with Gasteiger partial charge in [0, 0.05) is 12.4 Å². The fourth-order valence-corrected chi connectivity index (χ4v) is 4.21. The van der Waals surface area contributed by atoms with Gasteiger partial charge in [-0.25, -0.2) is 13.9 Å². The summed E-state index contributed by atoms with van der Waals surface area (Å²) in [5.41, 5.74) is 3.07. The van der Waals surface area contributed by atoms with Crippen molar-refractivity contribution in [3.8, 4) is 5.75 Å². The van der Waals surface area contributed by atoms with Gasteiger partial charge in [0.2, 0.25) is 10.0 Å². The number of aromatic nitrogens is 1. The van der Waals surface area contributed by atoms with E-state index < -0.39 is 21.2 Å². The van der Waals surface area contributed by atoms with E-state index in [4.69, 9.17) is 5.21 Å². The number of pyridine rings is 1. The smallest absolute Gasteiger partial charge is 0.263 e. The fraction of sp³-hybridized carbons (Fsp3) is 0.333. The molecule has 2 aromatic rings. The van der Waals surface area contributed by atoms with Crippen LogP contribution in [0, 0.1) is 5.92 Å². The van der Waals surface area contributed by atoms with Crippen molar-refractivity contribution in [1.29, 1.82) is 0 Å². The summed E-state index contributed by atoms with van der Waals surface area (Å²) < 4.78 is 27.4. The molecule has 0 bridgehead atoms. The molecule has 0 radical (unpaired) electrons. The Balaban J connectivity index is 2.21. The number of rotatable bonds is 8. The summed E-state index contributed by atoms with van der Waals surface area (Å²) in [7, 11) is -4.17. The molecule has 1 unspecified atom stereocenters. The lowest BCUT2D eigenvalue weighted by atomic mass is 10.1. The van der Waals surface area contributed by atoms with Gasteiger partial charge in [0.25, 0.3) is 5.91 Å². The van der Waals surface area contributed by atoms with Gasteiger partial charge in [-0.1, -0.05) is 26.0 Å². The number of benzene rings is 1. The monoisotopic (exact) mass is 393 g/mol. The van der Waals surface area contributed by atoms with E-state index in [2.05, 4.69) is 9.71 Å². The molecule has 4 N–H and O–H groups in total. The Bertz CT molecular complexity index is 885. The van der Waals surface area contributed by atoms with Crippen LogP contribution >= 0.6 is 0 Å². The van der Waals surface area contributed by atoms with Crippen LogP contribution in [0.4, 0.5) is 5.69 Å². The van der Waals surface area contributed by atoms with Crippen molar-refractivity contribution in [3.63, 3.8) is 0 Å². The zero-order valence-corrected chi connectivity index (χ0v) is 15.9. The van der Waals surface area contributed by atoms with E-state index in [0.717, 1.165) is 11.1 Å². The average Bonchev–Trinajstić information content (AvgIpc) is 2.62. The third kappa shape index (κ3) is 5.66. The number of phenolic OH excluding ortho intramolecular Hbond substituents is 1. The number of carbonyl (C=O) groups is 1. The van der Waals surface area contributed by atoms with Crippen LogP contribution in [-0.4, -0.2) is 34.9 Å². The van der Waals surface area contributed by atoms with Crippen LogP contribution in [0.15, 0.2) is 42.7 Å². The number of hydroxylamine groups is 1. The molecular formula is C18H23N3O5S. The average molecular weight is 393 g/mol. The number of nitrogens with one attached hydrogen (secondary N) is 2. The van der Waals surface area contributed by atoms with E-state index in [9.17, 15) is 18.3 Å². The van der Waals surface area contributed by atoms with Crippen LogP contribution in [0.25, 0.3) is 0 Å². The molecule has 0 aliphatic heterocycles. The Morgan fingerprint density at radius 3 is 2.52 bits per heavy atom. The Morgan fingerprint density at radius 2 is 1.96 bits per heavy atom. The molecule has 8 nitrogen and oxygen atoms in total. The number of carbonyl (C=O) groups excluding carboxylic acids is 1. The second-order valence-electron chi connectivity index (χ2n) is 6.63. The molecule has 146 valence electrons. The number of aromatic hydroxyl groups is 1. The maximum Gasteiger partial charge on any atom is 0.263 e. The molecule has 1 atom stereocenters. The van der Waals surface area contributed by atoms with E-state index in [-0.39, 0.29) is 23.8 Å². The van der Waals surface area contributed by atoms with Crippen molar-refractivity contribution in [2.45, 2.75) is 31.9 Å². The zero-order chi connectivity index (χ0) is 20.0. The molecule has 0 aliphatic carbocycles. The minimum Gasteiger partial charge on any atom is -0.506 e. The molecule has 0 saturated heterocycles. The van der Waals surface area contributed by atoms with E-state index in [1.165, 1.54) is 17.6 Å².